The van der Waals surface area contributed by atoms with Gasteiger partial charge >= 0.3 is 5.97 Å². The topological polar surface area (TPSA) is 69.4 Å². The Labute approximate surface area is 77.4 Å². The van der Waals surface area contributed by atoms with E-state index in [1.54, 1.807) is 29.5 Å². The van der Waals surface area contributed by atoms with Gasteiger partial charge < -0.3 is 4.74 Å². The van der Waals surface area contributed by atoms with E-state index in [1.165, 1.54) is 0 Å². The summed E-state index contributed by atoms with van der Waals surface area (Å²) in [5, 5.41) is 9.91. The molecule has 5 nitrogen and oxygen atoms in total. The molecule has 0 amide bonds. The Balaban J connectivity index is 3.73. The number of esters is 1. The molecule has 64 valence electrons. The lowest BCUT2D eigenvalue weighted by atomic mass is 10.4. The van der Waals surface area contributed by atoms with Crippen molar-refractivity contribution in [1.29, 1.82) is 0 Å². The van der Waals surface area contributed by atoms with Crippen molar-refractivity contribution < 1.29 is 14.5 Å². The van der Waals surface area contributed by atoms with Crippen molar-refractivity contribution >= 4 is 28.6 Å². The number of rotatable bonds is 4. The van der Waals surface area contributed by atoms with Crippen molar-refractivity contribution in [1.82, 2.24) is 0 Å². The lowest BCUT2D eigenvalue weighted by Crippen LogP contribution is -2.25. The number of carbonyl (C=O) groups is 1. The van der Waals surface area contributed by atoms with E-state index in [2.05, 4.69) is 4.74 Å². The van der Waals surface area contributed by atoms with E-state index >= 15 is 0 Å². The summed E-state index contributed by atoms with van der Waals surface area (Å²) in [6, 6.07) is 0. The Hall–Kier alpha value is -0.400. The Bertz CT molecular complexity index is 161. The summed E-state index contributed by atoms with van der Waals surface area (Å²) in [5.74, 6) is -0.523. The second kappa shape index (κ2) is 5.28. The number of hydrogen-bond acceptors (Lipinski definition) is 4. The first-order valence-electron chi connectivity index (χ1n) is 3.00. The molecule has 1 unspecified atom stereocenters. The van der Waals surface area contributed by atoms with Crippen LogP contribution in [0.3, 0.4) is 0 Å². The predicted octanol–water partition coefficient (Wildman–Crippen LogP) is 0.630. The van der Waals surface area contributed by atoms with Gasteiger partial charge in [-0.25, -0.2) is 0 Å². The monoisotopic (exact) mass is 273 g/mol. The summed E-state index contributed by atoms with van der Waals surface area (Å²) in [7, 11) is 0. The first kappa shape index (κ1) is 10.6. The van der Waals surface area contributed by atoms with Crippen LogP contribution >= 0.6 is 22.6 Å². The van der Waals surface area contributed by atoms with Crippen molar-refractivity contribution in [2.45, 2.75) is 10.8 Å². The van der Waals surface area contributed by atoms with Crippen LogP contribution in [-0.2, 0) is 9.53 Å². The van der Waals surface area contributed by atoms with Crippen molar-refractivity contribution in [3.05, 3.63) is 10.1 Å². The molecule has 6 heteroatoms. The van der Waals surface area contributed by atoms with Gasteiger partial charge in [0.05, 0.1) is 6.61 Å². The molecule has 0 aliphatic heterocycles. The van der Waals surface area contributed by atoms with Gasteiger partial charge in [-0.15, -0.1) is 0 Å². The molecule has 0 fully saturated rings. The molecule has 1 atom stereocenters. The molecule has 0 aromatic carbocycles. The number of alkyl halides is 1. The average Bonchev–Trinajstić information content (AvgIpc) is 1.86. The van der Waals surface area contributed by atoms with E-state index in [9.17, 15) is 14.9 Å². The molecule has 0 bridgehead atoms. The van der Waals surface area contributed by atoms with Gasteiger partial charge in [0.25, 0.3) is 0 Å². The van der Waals surface area contributed by atoms with E-state index in [0.717, 1.165) is 0 Å². The first-order valence-corrected chi connectivity index (χ1v) is 4.25. The maximum absolute atomic E-state index is 10.7. The number of carbonyl (C=O) groups excluding carboxylic acids is 1. The zero-order valence-corrected chi connectivity index (χ0v) is 8.11. The maximum atomic E-state index is 10.7. The van der Waals surface area contributed by atoms with Crippen LogP contribution in [0.4, 0.5) is 0 Å². The second-order valence-electron chi connectivity index (χ2n) is 1.73. The standard InChI is InChI=1S/C5H8INO4/c1-2-11-5(8)4(6)3-7(9)10/h4H,2-3H2,1H3. The van der Waals surface area contributed by atoms with Gasteiger partial charge in [0.15, 0.2) is 3.92 Å². The van der Waals surface area contributed by atoms with Gasteiger partial charge in [-0.1, -0.05) is 22.6 Å². The fourth-order valence-electron chi connectivity index (χ4n) is 0.438. The third-order valence-electron chi connectivity index (χ3n) is 0.852. The van der Waals surface area contributed by atoms with Gasteiger partial charge in [-0.2, -0.15) is 0 Å². The first-order chi connectivity index (χ1) is 5.07. The van der Waals surface area contributed by atoms with Crippen molar-refractivity contribution in [2.75, 3.05) is 13.2 Å². The van der Waals surface area contributed by atoms with Crippen LogP contribution in [0.1, 0.15) is 6.92 Å². The van der Waals surface area contributed by atoms with Gasteiger partial charge in [-0.3, -0.25) is 14.9 Å². The average molecular weight is 273 g/mol. The predicted molar refractivity (Wildman–Crippen MR) is 46.3 cm³/mol. The Morgan fingerprint density at radius 3 is 2.73 bits per heavy atom. The summed E-state index contributed by atoms with van der Waals surface area (Å²) < 4.78 is 3.88. The highest BCUT2D eigenvalue weighted by Gasteiger charge is 2.21. The fraction of sp³-hybridized carbons (Fsp3) is 0.800. The highest BCUT2D eigenvalue weighted by atomic mass is 127. The molecule has 0 aromatic heterocycles. The molecule has 0 aromatic rings. The van der Waals surface area contributed by atoms with Gasteiger partial charge in [0, 0.05) is 4.92 Å². The zero-order chi connectivity index (χ0) is 8.85. The second-order valence-corrected chi connectivity index (χ2v) is 3.24. The quantitative estimate of drug-likeness (QED) is 0.248. The third-order valence-corrected chi connectivity index (χ3v) is 1.75. The summed E-state index contributed by atoms with van der Waals surface area (Å²) in [6.07, 6.45) is 0. The van der Waals surface area contributed by atoms with Crippen LogP contribution in [0, 0.1) is 10.1 Å². The third kappa shape index (κ3) is 4.93. The lowest BCUT2D eigenvalue weighted by molar-refractivity contribution is -0.477. The molecule has 0 saturated carbocycles. The summed E-state index contributed by atoms with van der Waals surface area (Å²) >= 11 is 1.69. The number of nitrogens with zero attached hydrogens (tertiary/aromatic N) is 1. The van der Waals surface area contributed by atoms with E-state index in [0.29, 0.717) is 0 Å². The van der Waals surface area contributed by atoms with Crippen molar-refractivity contribution in [3.63, 3.8) is 0 Å². The SMILES string of the molecule is CCOC(=O)C(I)C[N+](=O)[O-]. The molecule has 0 aliphatic rings. The van der Waals surface area contributed by atoms with Gasteiger partial charge in [0.2, 0.25) is 6.54 Å². The molecule has 0 rings (SSSR count). The Kier molecular flexibility index (Phi) is 5.08. The summed E-state index contributed by atoms with van der Waals surface area (Å²) in [6.45, 7) is 1.54. The molecule has 0 spiro atoms. The van der Waals surface area contributed by atoms with E-state index in [4.69, 9.17) is 0 Å². The van der Waals surface area contributed by atoms with E-state index in [1.807, 2.05) is 0 Å². The Morgan fingerprint density at radius 2 is 2.36 bits per heavy atom. The molecule has 0 radical (unpaired) electrons. The molecule has 0 heterocycles. The minimum absolute atomic E-state index is 0.260. The molecule has 0 aliphatic carbocycles. The molecular weight excluding hydrogens is 265 g/mol. The molecule has 0 saturated heterocycles. The fourth-order valence-corrected chi connectivity index (χ4v) is 0.940. The number of hydrogen-bond donors (Lipinski definition) is 0. The smallest absolute Gasteiger partial charge is 0.325 e. The largest absolute Gasteiger partial charge is 0.465 e. The van der Waals surface area contributed by atoms with Crippen LogP contribution in [0.25, 0.3) is 0 Å². The minimum atomic E-state index is -0.678. The Morgan fingerprint density at radius 1 is 1.82 bits per heavy atom. The number of ether oxygens (including phenoxy) is 1. The molecule has 0 N–H and O–H groups in total. The van der Waals surface area contributed by atoms with Crippen molar-refractivity contribution in [2.24, 2.45) is 0 Å². The molecular formula is C5H8INO4. The van der Waals surface area contributed by atoms with E-state index in [-0.39, 0.29) is 13.2 Å². The lowest BCUT2D eigenvalue weighted by Gasteiger charge is -2.03. The summed E-state index contributed by atoms with van der Waals surface area (Å²) in [4.78, 5) is 20.1. The van der Waals surface area contributed by atoms with Gasteiger partial charge in [0.1, 0.15) is 0 Å². The van der Waals surface area contributed by atoms with Crippen LogP contribution in [0.15, 0.2) is 0 Å². The normalized spacial score (nSPS) is 12.2. The van der Waals surface area contributed by atoms with Crippen LogP contribution in [0.5, 0.6) is 0 Å². The van der Waals surface area contributed by atoms with Crippen LogP contribution in [0.2, 0.25) is 0 Å². The number of halogens is 1. The van der Waals surface area contributed by atoms with Crippen LogP contribution < -0.4 is 0 Å². The van der Waals surface area contributed by atoms with E-state index < -0.39 is 14.8 Å². The highest BCUT2D eigenvalue weighted by molar-refractivity contribution is 14.1. The zero-order valence-electron chi connectivity index (χ0n) is 5.95. The maximum Gasteiger partial charge on any atom is 0.325 e. The van der Waals surface area contributed by atoms with Crippen molar-refractivity contribution in [3.8, 4) is 0 Å². The van der Waals surface area contributed by atoms with Gasteiger partial charge in [-0.05, 0) is 6.92 Å². The molecule has 11 heavy (non-hydrogen) atoms. The summed E-state index contributed by atoms with van der Waals surface area (Å²) in [5.41, 5.74) is 0. The highest BCUT2D eigenvalue weighted by Crippen LogP contribution is 2.02. The number of nitro groups is 1. The van der Waals surface area contributed by atoms with Crippen LogP contribution in [-0.4, -0.2) is 28.0 Å². The minimum Gasteiger partial charge on any atom is -0.465 e.